The number of anilines is 1. The average Bonchev–Trinajstić information content (AvgIpc) is 2.95. The van der Waals surface area contributed by atoms with Gasteiger partial charge in [-0.3, -0.25) is 0 Å². The molecule has 23 heavy (non-hydrogen) atoms. The minimum Gasteiger partial charge on any atom is -0.491 e. The van der Waals surface area contributed by atoms with Crippen LogP contribution in [-0.2, 0) is 13.0 Å². The van der Waals surface area contributed by atoms with Crippen LogP contribution < -0.4 is 15.8 Å². The molecule has 0 aliphatic heterocycles. The first kappa shape index (κ1) is 19.8. The summed E-state index contributed by atoms with van der Waals surface area (Å²) < 4.78 is 5.60. The number of nitrogens with zero attached hydrogens (tertiary/aromatic N) is 1. The molecule has 6 heteroatoms. The van der Waals surface area contributed by atoms with Crippen molar-refractivity contribution in [2.45, 2.75) is 39.8 Å². The number of nitrogens with two attached hydrogens (primary N) is 1. The van der Waals surface area contributed by atoms with Crippen LogP contribution in [0.1, 0.15) is 30.5 Å². The molecule has 0 spiro atoms. The van der Waals surface area contributed by atoms with Gasteiger partial charge in [0.25, 0.3) is 0 Å². The Labute approximate surface area is 159 Å². The Morgan fingerprint density at radius 3 is 2.39 bits per heavy atom. The second-order valence-electron chi connectivity index (χ2n) is 5.24. The lowest BCUT2D eigenvalue weighted by Gasteiger charge is -2.10. The van der Waals surface area contributed by atoms with E-state index >= 15 is 0 Å². The number of nitrogens with one attached hydrogen (secondary N) is 1. The van der Waals surface area contributed by atoms with Gasteiger partial charge in [-0.05, 0) is 56.7 Å². The highest BCUT2D eigenvalue weighted by molar-refractivity contribution is 14.0. The van der Waals surface area contributed by atoms with Gasteiger partial charge in [0, 0.05) is 15.4 Å². The number of benzene rings is 1. The van der Waals surface area contributed by atoms with E-state index in [-0.39, 0.29) is 30.1 Å². The van der Waals surface area contributed by atoms with Gasteiger partial charge in [0.2, 0.25) is 0 Å². The quantitative estimate of drug-likeness (QED) is 0.387. The van der Waals surface area contributed by atoms with Crippen LogP contribution in [-0.4, -0.2) is 12.1 Å². The summed E-state index contributed by atoms with van der Waals surface area (Å²) in [6.07, 6.45) is 1.23. The third-order valence-corrected chi connectivity index (χ3v) is 4.18. The van der Waals surface area contributed by atoms with Crippen molar-refractivity contribution in [2.75, 3.05) is 5.32 Å². The summed E-state index contributed by atoms with van der Waals surface area (Å²) in [7, 11) is 0. The molecule has 0 fully saturated rings. The van der Waals surface area contributed by atoms with Gasteiger partial charge in [-0.15, -0.1) is 35.3 Å². The smallest absolute Gasteiger partial charge is 0.193 e. The molecule has 0 saturated heterocycles. The van der Waals surface area contributed by atoms with Crippen LogP contribution in [0.5, 0.6) is 5.75 Å². The van der Waals surface area contributed by atoms with Crippen LogP contribution in [0.3, 0.4) is 0 Å². The minimum atomic E-state index is 0. The number of aryl methyl sites for hydroxylation is 1. The van der Waals surface area contributed by atoms with Crippen molar-refractivity contribution in [2.24, 2.45) is 10.7 Å². The Balaban J connectivity index is 0.00000264. The molecule has 0 bridgehead atoms. The number of halogens is 1. The van der Waals surface area contributed by atoms with Gasteiger partial charge in [-0.1, -0.05) is 6.92 Å². The van der Waals surface area contributed by atoms with Gasteiger partial charge in [0.15, 0.2) is 5.96 Å². The van der Waals surface area contributed by atoms with E-state index in [4.69, 9.17) is 10.5 Å². The van der Waals surface area contributed by atoms with Crippen LogP contribution in [0.15, 0.2) is 41.4 Å². The van der Waals surface area contributed by atoms with E-state index in [0.717, 1.165) is 17.9 Å². The zero-order valence-corrected chi connectivity index (χ0v) is 16.9. The van der Waals surface area contributed by atoms with E-state index in [1.165, 1.54) is 9.75 Å². The van der Waals surface area contributed by atoms with Crippen LogP contribution >= 0.6 is 35.3 Å². The lowest BCUT2D eigenvalue weighted by atomic mass is 10.3. The second-order valence-corrected chi connectivity index (χ2v) is 6.49. The second kappa shape index (κ2) is 9.77. The van der Waals surface area contributed by atoms with Crippen LogP contribution in [0.2, 0.25) is 0 Å². The highest BCUT2D eigenvalue weighted by atomic mass is 127. The predicted octanol–water partition coefficient (Wildman–Crippen LogP) is 4.64. The van der Waals surface area contributed by atoms with Crippen molar-refractivity contribution in [3.8, 4) is 5.75 Å². The first-order chi connectivity index (χ1) is 10.6. The molecule has 0 amide bonds. The Morgan fingerprint density at radius 1 is 1.17 bits per heavy atom. The Morgan fingerprint density at radius 2 is 1.83 bits per heavy atom. The monoisotopic (exact) mass is 445 g/mol. The number of guanidine groups is 1. The molecule has 0 radical (unpaired) electrons. The topological polar surface area (TPSA) is 59.6 Å². The van der Waals surface area contributed by atoms with E-state index in [9.17, 15) is 0 Å². The number of hydrogen-bond donors (Lipinski definition) is 2. The van der Waals surface area contributed by atoms with Crippen molar-refractivity contribution in [3.05, 3.63) is 46.2 Å². The SMILES string of the molecule is CCc1ccc(CN=C(N)Nc2ccc(OC(C)C)cc2)s1.I. The fourth-order valence-corrected chi connectivity index (χ4v) is 2.82. The van der Waals surface area contributed by atoms with Gasteiger partial charge < -0.3 is 15.8 Å². The number of aliphatic imine (C=N–C) groups is 1. The first-order valence-corrected chi connectivity index (χ1v) is 8.29. The van der Waals surface area contributed by atoms with Gasteiger partial charge >= 0.3 is 0 Å². The first-order valence-electron chi connectivity index (χ1n) is 7.48. The summed E-state index contributed by atoms with van der Waals surface area (Å²) in [5.41, 5.74) is 6.82. The van der Waals surface area contributed by atoms with Crippen molar-refractivity contribution in [3.63, 3.8) is 0 Å². The lowest BCUT2D eigenvalue weighted by Crippen LogP contribution is -2.22. The molecule has 1 heterocycles. The summed E-state index contributed by atoms with van der Waals surface area (Å²) in [5.74, 6) is 1.27. The molecule has 1 aromatic carbocycles. The van der Waals surface area contributed by atoms with Crippen molar-refractivity contribution in [1.29, 1.82) is 0 Å². The van der Waals surface area contributed by atoms with Crippen molar-refractivity contribution >= 4 is 47.0 Å². The normalized spacial score (nSPS) is 11.2. The summed E-state index contributed by atoms with van der Waals surface area (Å²) in [5, 5.41) is 3.09. The summed E-state index contributed by atoms with van der Waals surface area (Å²) in [4.78, 5) is 6.97. The van der Waals surface area contributed by atoms with Crippen molar-refractivity contribution in [1.82, 2.24) is 0 Å². The number of rotatable bonds is 6. The maximum Gasteiger partial charge on any atom is 0.193 e. The van der Waals surface area contributed by atoms with Gasteiger partial charge in [-0.2, -0.15) is 0 Å². The lowest BCUT2D eigenvalue weighted by molar-refractivity contribution is 0.242. The molecule has 4 nitrogen and oxygen atoms in total. The van der Waals surface area contributed by atoms with E-state index in [1.807, 2.05) is 38.1 Å². The fourth-order valence-electron chi connectivity index (χ4n) is 1.94. The molecule has 0 atom stereocenters. The summed E-state index contributed by atoms with van der Waals surface area (Å²) >= 11 is 1.78. The fraction of sp³-hybridized carbons (Fsp3) is 0.353. The van der Waals surface area contributed by atoms with E-state index < -0.39 is 0 Å². The highest BCUT2D eigenvalue weighted by Crippen LogP contribution is 2.18. The summed E-state index contributed by atoms with van der Waals surface area (Å²) in [6, 6.07) is 12.0. The molecule has 0 unspecified atom stereocenters. The molecule has 2 aromatic rings. The average molecular weight is 445 g/mol. The minimum absolute atomic E-state index is 0. The molecule has 0 saturated carbocycles. The highest BCUT2D eigenvalue weighted by Gasteiger charge is 2.01. The van der Waals surface area contributed by atoms with Gasteiger partial charge in [-0.25, -0.2) is 4.99 Å². The van der Waals surface area contributed by atoms with Gasteiger partial charge in [0.05, 0.1) is 12.6 Å². The number of ether oxygens (including phenoxy) is 1. The zero-order valence-electron chi connectivity index (χ0n) is 13.7. The molecule has 0 aliphatic carbocycles. The predicted molar refractivity (Wildman–Crippen MR) is 110 cm³/mol. The molecule has 0 aliphatic rings. The molecular weight excluding hydrogens is 421 g/mol. The maximum absolute atomic E-state index is 5.92. The van der Waals surface area contributed by atoms with Crippen molar-refractivity contribution < 1.29 is 4.74 Å². The summed E-state index contributed by atoms with van der Waals surface area (Å²) in [6.45, 7) is 6.77. The van der Waals surface area contributed by atoms with Crippen LogP contribution in [0.25, 0.3) is 0 Å². The molecule has 3 N–H and O–H groups in total. The van der Waals surface area contributed by atoms with Crippen LogP contribution in [0, 0.1) is 0 Å². The zero-order chi connectivity index (χ0) is 15.9. The largest absolute Gasteiger partial charge is 0.491 e. The Bertz CT molecular complexity index is 623. The van der Waals surface area contributed by atoms with Crippen LogP contribution in [0.4, 0.5) is 5.69 Å². The Hall–Kier alpha value is -1.28. The molecule has 126 valence electrons. The standard InChI is InChI=1S/C17H23N3OS.HI/c1-4-15-9-10-16(22-15)11-19-17(18)20-13-5-7-14(8-6-13)21-12(2)3;/h5-10,12H,4,11H2,1-3H3,(H3,18,19,20);1H. The molecule has 2 rings (SSSR count). The maximum atomic E-state index is 5.92. The van der Waals surface area contributed by atoms with E-state index in [2.05, 4.69) is 29.4 Å². The van der Waals surface area contributed by atoms with Gasteiger partial charge in [0.1, 0.15) is 5.75 Å². The third-order valence-electron chi connectivity index (χ3n) is 2.97. The Kier molecular flexibility index (Phi) is 8.40. The third kappa shape index (κ3) is 6.78. The van der Waals surface area contributed by atoms with E-state index in [1.54, 1.807) is 11.3 Å². The number of thiophene rings is 1. The number of hydrogen-bond acceptors (Lipinski definition) is 3. The molecule has 1 aromatic heterocycles. The molecular formula is C17H24IN3OS. The van der Waals surface area contributed by atoms with E-state index in [0.29, 0.717) is 12.5 Å².